The second kappa shape index (κ2) is 9.04. The van der Waals surface area contributed by atoms with Gasteiger partial charge in [-0.15, -0.1) is 0 Å². The van der Waals surface area contributed by atoms with E-state index < -0.39 is 11.9 Å². The topological polar surface area (TPSA) is 94.8 Å². The molecule has 1 aromatic rings. The predicted octanol–water partition coefficient (Wildman–Crippen LogP) is 2.74. The Bertz CT molecular complexity index is 387. The highest BCUT2D eigenvalue weighted by molar-refractivity contribution is 5.90. The first-order chi connectivity index (χ1) is 8.49. The Balaban J connectivity index is 0.000000331. The number of carboxylic acids is 2. The summed E-state index contributed by atoms with van der Waals surface area (Å²) in [4.78, 5) is 20.1. The average molecular weight is 254 g/mol. The van der Waals surface area contributed by atoms with E-state index in [2.05, 4.69) is 6.92 Å². The van der Waals surface area contributed by atoms with Crippen LogP contribution in [0.15, 0.2) is 24.3 Å². The zero-order valence-corrected chi connectivity index (χ0v) is 10.3. The number of phenols is 1. The fourth-order valence-corrected chi connectivity index (χ4v) is 1.18. The zero-order valence-electron chi connectivity index (χ0n) is 10.3. The molecule has 0 aromatic heterocycles. The van der Waals surface area contributed by atoms with Crippen LogP contribution in [0.4, 0.5) is 0 Å². The first-order valence-electron chi connectivity index (χ1n) is 5.72. The van der Waals surface area contributed by atoms with Gasteiger partial charge in [-0.25, -0.2) is 4.79 Å². The van der Waals surface area contributed by atoms with Gasteiger partial charge in [-0.05, 0) is 18.6 Å². The van der Waals surface area contributed by atoms with E-state index in [4.69, 9.17) is 15.3 Å². The molecule has 100 valence electrons. The molecule has 0 aliphatic rings. The van der Waals surface area contributed by atoms with Crippen molar-refractivity contribution >= 4 is 11.9 Å². The smallest absolute Gasteiger partial charge is 0.339 e. The number of rotatable bonds is 5. The third-order valence-corrected chi connectivity index (χ3v) is 2.13. The van der Waals surface area contributed by atoms with Crippen LogP contribution < -0.4 is 0 Å². The molecule has 0 atom stereocenters. The summed E-state index contributed by atoms with van der Waals surface area (Å²) in [6.07, 6.45) is 3.28. The van der Waals surface area contributed by atoms with Crippen LogP contribution in [0.3, 0.4) is 0 Å². The number of para-hydroxylation sites is 1. The lowest BCUT2D eigenvalue weighted by molar-refractivity contribution is -0.137. The third kappa shape index (κ3) is 7.27. The molecular weight excluding hydrogens is 236 g/mol. The number of hydrogen-bond acceptors (Lipinski definition) is 3. The first kappa shape index (κ1) is 16.0. The summed E-state index contributed by atoms with van der Waals surface area (Å²) in [6, 6.07) is 5.81. The summed E-state index contributed by atoms with van der Waals surface area (Å²) < 4.78 is 0. The molecule has 1 aromatic carbocycles. The van der Waals surface area contributed by atoms with Gasteiger partial charge in [0.15, 0.2) is 0 Å². The molecule has 0 aliphatic heterocycles. The SMILES string of the molecule is CCCCCC(=O)O.O=C(O)c1ccccc1O. The summed E-state index contributed by atoms with van der Waals surface area (Å²) in [7, 11) is 0. The normalized spacial score (nSPS) is 9.17. The highest BCUT2D eigenvalue weighted by atomic mass is 16.4. The Hall–Kier alpha value is -2.04. The van der Waals surface area contributed by atoms with Gasteiger partial charge >= 0.3 is 11.9 Å². The van der Waals surface area contributed by atoms with Crippen molar-refractivity contribution in [1.82, 2.24) is 0 Å². The molecule has 0 heterocycles. The Morgan fingerprint density at radius 2 is 1.72 bits per heavy atom. The van der Waals surface area contributed by atoms with E-state index in [9.17, 15) is 9.59 Å². The predicted molar refractivity (Wildman–Crippen MR) is 66.8 cm³/mol. The molecule has 0 unspecified atom stereocenters. The summed E-state index contributed by atoms with van der Waals surface area (Å²) in [5, 5.41) is 25.4. The van der Waals surface area contributed by atoms with Gasteiger partial charge in [0, 0.05) is 6.42 Å². The van der Waals surface area contributed by atoms with Crippen LogP contribution in [-0.4, -0.2) is 27.3 Å². The number of aliphatic carboxylic acids is 1. The van der Waals surface area contributed by atoms with E-state index in [1.807, 2.05) is 0 Å². The van der Waals surface area contributed by atoms with Crippen molar-refractivity contribution in [3.05, 3.63) is 29.8 Å². The Morgan fingerprint density at radius 1 is 1.11 bits per heavy atom. The lowest BCUT2D eigenvalue weighted by Gasteiger charge is -1.95. The van der Waals surface area contributed by atoms with Crippen LogP contribution >= 0.6 is 0 Å². The minimum Gasteiger partial charge on any atom is -0.507 e. The van der Waals surface area contributed by atoms with Gasteiger partial charge < -0.3 is 15.3 Å². The molecule has 0 aliphatic carbocycles. The van der Waals surface area contributed by atoms with Crippen LogP contribution in [0.25, 0.3) is 0 Å². The number of aromatic carboxylic acids is 1. The monoisotopic (exact) mass is 254 g/mol. The van der Waals surface area contributed by atoms with Gasteiger partial charge in [0.2, 0.25) is 0 Å². The number of carboxylic acid groups (broad SMARTS) is 2. The first-order valence-corrected chi connectivity index (χ1v) is 5.72. The van der Waals surface area contributed by atoms with E-state index in [0.29, 0.717) is 6.42 Å². The van der Waals surface area contributed by atoms with Crippen molar-refractivity contribution in [2.45, 2.75) is 32.6 Å². The van der Waals surface area contributed by atoms with Crippen molar-refractivity contribution < 1.29 is 24.9 Å². The molecule has 0 spiro atoms. The van der Waals surface area contributed by atoms with Gasteiger partial charge in [0.1, 0.15) is 11.3 Å². The number of hydrogen-bond donors (Lipinski definition) is 3. The molecule has 3 N–H and O–H groups in total. The van der Waals surface area contributed by atoms with Crippen LogP contribution in [0.2, 0.25) is 0 Å². The van der Waals surface area contributed by atoms with Crippen LogP contribution in [0.5, 0.6) is 5.75 Å². The van der Waals surface area contributed by atoms with Gasteiger partial charge in [-0.2, -0.15) is 0 Å². The average Bonchev–Trinajstić information content (AvgIpc) is 2.30. The molecule has 0 saturated carbocycles. The van der Waals surface area contributed by atoms with Crippen LogP contribution in [-0.2, 0) is 4.79 Å². The van der Waals surface area contributed by atoms with E-state index in [0.717, 1.165) is 19.3 Å². The molecule has 0 bridgehead atoms. The third-order valence-electron chi connectivity index (χ3n) is 2.13. The standard InChI is InChI=1S/C7H6O3.C6H12O2/c8-6-4-2-1-3-5(6)7(9)10;1-2-3-4-5-6(7)8/h1-4,8H,(H,9,10);2-5H2,1H3,(H,7,8). The van der Waals surface area contributed by atoms with E-state index in [1.165, 1.54) is 12.1 Å². The van der Waals surface area contributed by atoms with Crippen molar-refractivity contribution in [3.63, 3.8) is 0 Å². The maximum Gasteiger partial charge on any atom is 0.339 e. The summed E-state index contributed by atoms with van der Waals surface area (Å²) in [6.45, 7) is 2.06. The molecule has 0 amide bonds. The Labute approximate surface area is 106 Å². The molecule has 0 saturated heterocycles. The van der Waals surface area contributed by atoms with E-state index in [-0.39, 0.29) is 11.3 Å². The van der Waals surface area contributed by atoms with E-state index >= 15 is 0 Å². The fraction of sp³-hybridized carbons (Fsp3) is 0.385. The van der Waals surface area contributed by atoms with Crippen molar-refractivity contribution in [2.24, 2.45) is 0 Å². The van der Waals surface area contributed by atoms with Gasteiger partial charge in [-0.3, -0.25) is 4.79 Å². The highest BCUT2D eigenvalue weighted by Gasteiger charge is 2.05. The van der Waals surface area contributed by atoms with Crippen LogP contribution in [0.1, 0.15) is 43.0 Å². The maximum atomic E-state index is 10.3. The van der Waals surface area contributed by atoms with E-state index in [1.54, 1.807) is 12.1 Å². The minimum atomic E-state index is -1.11. The minimum absolute atomic E-state index is 0.0671. The van der Waals surface area contributed by atoms with Gasteiger partial charge in [0.25, 0.3) is 0 Å². The molecule has 1 rings (SSSR count). The summed E-state index contributed by atoms with van der Waals surface area (Å²) >= 11 is 0. The number of unbranched alkanes of at least 4 members (excludes halogenated alkanes) is 2. The summed E-state index contributed by atoms with van der Waals surface area (Å²) in [5.41, 5.74) is -0.0671. The number of carbonyl (C=O) groups is 2. The quantitative estimate of drug-likeness (QED) is 0.702. The van der Waals surface area contributed by atoms with Crippen LogP contribution in [0, 0.1) is 0 Å². The van der Waals surface area contributed by atoms with Gasteiger partial charge in [-0.1, -0.05) is 31.9 Å². The van der Waals surface area contributed by atoms with Crippen molar-refractivity contribution in [2.75, 3.05) is 0 Å². The lowest BCUT2D eigenvalue weighted by atomic mass is 10.2. The van der Waals surface area contributed by atoms with Crippen molar-refractivity contribution in [1.29, 1.82) is 0 Å². The lowest BCUT2D eigenvalue weighted by Crippen LogP contribution is -1.95. The molecule has 18 heavy (non-hydrogen) atoms. The number of benzene rings is 1. The molecule has 5 heteroatoms. The second-order valence-corrected chi connectivity index (χ2v) is 3.67. The maximum absolute atomic E-state index is 10.3. The van der Waals surface area contributed by atoms with Gasteiger partial charge in [0.05, 0.1) is 0 Å². The largest absolute Gasteiger partial charge is 0.507 e. The molecular formula is C13H18O5. The Morgan fingerprint density at radius 3 is 2.11 bits per heavy atom. The summed E-state index contributed by atoms with van der Waals surface area (Å²) in [5.74, 6) is -1.99. The Kier molecular flexibility index (Phi) is 8.01. The molecule has 0 radical (unpaired) electrons. The zero-order chi connectivity index (χ0) is 14.0. The number of aromatic hydroxyl groups is 1. The molecule has 0 fully saturated rings. The fourth-order valence-electron chi connectivity index (χ4n) is 1.18. The highest BCUT2D eigenvalue weighted by Crippen LogP contribution is 2.14. The molecule has 5 nitrogen and oxygen atoms in total. The second-order valence-electron chi connectivity index (χ2n) is 3.67. The van der Waals surface area contributed by atoms with Crippen molar-refractivity contribution in [3.8, 4) is 5.75 Å².